The maximum absolute atomic E-state index is 13.0. The van der Waals surface area contributed by atoms with Crippen LogP contribution in [0.5, 0.6) is 23.0 Å². The van der Waals surface area contributed by atoms with Crippen LogP contribution in [0.2, 0.25) is 0 Å². The number of benzene rings is 2. The molecule has 0 bridgehead atoms. The van der Waals surface area contributed by atoms with Crippen LogP contribution < -0.4 is 24.3 Å². The predicted molar refractivity (Wildman–Crippen MR) is 127 cm³/mol. The van der Waals surface area contributed by atoms with Gasteiger partial charge >= 0.3 is 0 Å². The summed E-state index contributed by atoms with van der Waals surface area (Å²) in [5.74, 6) is 3.66. The standard InChI is InChI=1S/C26H33N3O5/c1-18(2)26(20-4-6-21-24(14-20)32-12-11-31-21)27-15-25(30)29-9-7-28(8-10-29)16-19-3-5-22-23(13-19)34-17-33-22/h3-6,13-14,18,26-27H,7-12,15-17H2,1-2H3/t26-/m0/s1. The van der Waals surface area contributed by atoms with E-state index < -0.39 is 0 Å². The first kappa shape index (κ1) is 22.8. The fourth-order valence-corrected chi connectivity index (χ4v) is 4.75. The summed E-state index contributed by atoms with van der Waals surface area (Å²) in [7, 11) is 0. The summed E-state index contributed by atoms with van der Waals surface area (Å²) >= 11 is 0. The quantitative estimate of drug-likeness (QED) is 0.671. The van der Waals surface area contributed by atoms with E-state index in [1.165, 1.54) is 5.56 Å². The Labute approximate surface area is 200 Å². The fourth-order valence-electron chi connectivity index (χ4n) is 4.75. The van der Waals surface area contributed by atoms with Crippen molar-refractivity contribution in [1.29, 1.82) is 0 Å². The minimum absolute atomic E-state index is 0.0621. The molecule has 1 atom stereocenters. The van der Waals surface area contributed by atoms with Crippen molar-refractivity contribution in [3.05, 3.63) is 47.5 Å². The summed E-state index contributed by atoms with van der Waals surface area (Å²) in [6, 6.07) is 12.2. The van der Waals surface area contributed by atoms with Crippen molar-refractivity contribution >= 4 is 5.91 Å². The Morgan fingerprint density at radius 1 is 0.882 bits per heavy atom. The Morgan fingerprint density at radius 2 is 1.56 bits per heavy atom. The third-order valence-electron chi connectivity index (χ3n) is 6.63. The van der Waals surface area contributed by atoms with Crippen molar-refractivity contribution < 1.29 is 23.7 Å². The highest BCUT2D eigenvalue weighted by Gasteiger charge is 2.24. The molecule has 3 heterocycles. The van der Waals surface area contributed by atoms with Gasteiger partial charge in [0.15, 0.2) is 23.0 Å². The van der Waals surface area contributed by atoms with Crippen LogP contribution >= 0.6 is 0 Å². The van der Waals surface area contributed by atoms with E-state index in [2.05, 4.69) is 36.2 Å². The van der Waals surface area contributed by atoms with E-state index in [-0.39, 0.29) is 11.9 Å². The molecule has 3 aliphatic heterocycles. The van der Waals surface area contributed by atoms with Crippen molar-refractivity contribution in [2.75, 3.05) is 52.7 Å². The fraction of sp³-hybridized carbons (Fsp3) is 0.500. The van der Waals surface area contributed by atoms with Gasteiger partial charge in [-0.3, -0.25) is 9.69 Å². The molecule has 0 spiro atoms. The van der Waals surface area contributed by atoms with E-state index >= 15 is 0 Å². The van der Waals surface area contributed by atoms with Crippen molar-refractivity contribution in [1.82, 2.24) is 15.1 Å². The van der Waals surface area contributed by atoms with E-state index in [0.29, 0.717) is 32.5 Å². The molecule has 0 aliphatic carbocycles. The lowest BCUT2D eigenvalue weighted by molar-refractivity contribution is -0.132. The molecule has 2 aromatic rings. The average Bonchev–Trinajstić information content (AvgIpc) is 3.32. The molecule has 182 valence electrons. The van der Waals surface area contributed by atoms with Crippen LogP contribution in [0.4, 0.5) is 0 Å². The number of rotatable bonds is 7. The van der Waals surface area contributed by atoms with Crippen LogP contribution in [0.15, 0.2) is 36.4 Å². The SMILES string of the molecule is CC(C)[C@H](NCC(=O)N1CCN(Cc2ccc3c(c2)OCO3)CC1)c1ccc2c(c1)OCCO2. The molecule has 8 heteroatoms. The molecule has 0 saturated carbocycles. The lowest BCUT2D eigenvalue weighted by atomic mass is 9.95. The highest BCUT2D eigenvalue weighted by Crippen LogP contribution is 2.35. The van der Waals surface area contributed by atoms with E-state index in [1.54, 1.807) is 0 Å². The number of nitrogens with zero attached hydrogens (tertiary/aromatic N) is 2. The second-order valence-corrected chi connectivity index (χ2v) is 9.35. The number of carbonyl (C=O) groups excluding carboxylic acids is 1. The number of carbonyl (C=O) groups is 1. The van der Waals surface area contributed by atoms with Gasteiger partial charge in [-0.1, -0.05) is 26.0 Å². The second kappa shape index (κ2) is 10.1. The second-order valence-electron chi connectivity index (χ2n) is 9.35. The largest absolute Gasteiger partial charge is 0.486 e. The Bertz CT molecular complexity index is 1020. The number of hydrogen-bond acceptors (Lipinski definition) is 7. The lowest BCUT2D eigenvalue weighted by Crippen LogP contribution is -2.50. The molecular formula is C26H33N3O5. The van der Waals surface area contributed by atoms with Gasteiger partial charge in [-0.2, -0.15) is 0 Å². The summed E-state index contributed by atoms with van der Waals surface area (Å²) in [6.45, 7) is 10.1. The number of fused-ring (bicyclic) bond motifs is 2. The zero-order valence-corrected chi connectivity index (χ0v) is 19.9. The Hall–Kier alpha value is -2.97. The van der Waals surface area contributed by atoms with Gasteiger partial charge < -0.3 is 29.2 Å². The minimum atomic E-state index is 0.0621. The zero-order valence-electron chi connectivity index (χ0n) is 19.9. The molecule has 1 saturated heterocycles. The summed E-state index contributed by atoms with van der Waals surface area (Å²) in [6.07, 6.45) is 0. The maximum atomic E-state index is 13.0. The van der Waals surface area contributed by atoms with Gasteiger partial charge in [-0.25, -0.2) is 0 Å². The molecular weight excluding hydrogens is 434 g/mol. The van der Waals surface area contributed by atoms with Gasteiger partial charge in [0.25, 0.3) is 0 Å². The normalized spacial score (nSPS) is 18.3. The summed E-state index contributed by atoms with van der Waals surface area (Å²) in [5.41, 5.74) is 2.31. The first-order chi connectivity index (χ1) is 16.6. The summed E-state index contributed by atoms with van der Waals surface area (Å²) in [4.78, 5) is 17.3. The Kier molecular flexibility index (Phi) is 6.78. The van der Waals surface area contributed by atoms with Gasteiger partial charge in [0.1, 0.15) is 13.2 Å². The van der Waals surface area contributed by atoms with Crippen molar-refractivity contribution in [3.8, 4) is 23.0 Å². The molecule has 1 fully saturated rings. The van der Waals surface area contributed by atoms with Crippen LogP contribution in [0.1, 0.15) is 31.0 Å². The highest BCUT2D eigenvalue weighted by atomic mass is 16.7. The number of piperazine rings is 1. The van der Waals surface area contributed by atoms with Gasteiger partial charge in [-0.05, 0) is 41.3 Å². The molecule has 1 amide bonds. The molecule has 0 aromatic heterocycles. The number of nitrogens with one attached hydrogen (secondary N) is 1. The molecule has 0 unspecified atom stereocenters. The van der Waals surface area contributed by atoms with Gasteiger partial charge in [0.2, 0.25) is 12.7 Å². The molecule has 3 aliphatic rings. The van der Waals surface area contributed by atoms with Crippen LogP contribution in [-0.2, 0) is 11.3 Å². The highest BCUT2D eigenvalue weighted by molar-refractivity contribution is 5.78. The number of hydrogen-bond donors (Lipinski definition) is 1. The minimum Gasteiger partial charge on any atom is -0.486 e. The lowest BCUT2D eigenvalue weighted by Gasteiger charge is -2.35. The Morgan fingerprint density at radius 3 is 2.35 bits per heavy atom. The van der Waals surface area contributed by atoms with Crippen LogP contribution in [0.3, 0.4) is 0 Å². The molecule has 5 rings (SSSR count). The summed E-state index contributed by atoms with van der Waals surface area (Å²) in [5, 5.41) is 3.49. The van der Waals surface area contributed by atoms with Crippen molar-refractivity contribution in [2.45, 2.75) is 26.4 Å². The molecule has 34 heavy (non-hydrogen) atoms. The van der Waals surface area contributed by atoms with E-state index in [0.717, 1.165) is 61.3 Å². The maximum Gasteiger partial charge on any atom is 0.236 e. The monoisotopic (exact) mass is 467 g/mol. The smallest absolute Gasteiger partial charge is 0.236 e. The third-order valence-corrected chi connectivity index (χ3v) is 6.63. The van der Waals surface area contributed by atoms with Gasteiger partial charge in [0.05, 0.1) is 6.54 Å². The van der Waals surface area contributed by atoms with Crippen LogP contribution in [0, 0.1) is 5.92 Å². The first-order valence-corrected chi connectivity index (χ1v) is 12.1. The molecule has 1 N–H and O–H groups in total. The van der Waals surface area contributed by atoms with Crippen molar-refractivity contribution in [3.63, 3.8) is 0 Å². The summed E-state index contributed by atoms with van der Waals surface area (Å²) < 4.78 is 22.3. The molecule has 0 radical (unpaired) electrons. The van der Waals surface area contributed by atoms with Crippen molar-refractivity contribution in [2.24, 2.45) is 5.92 Å². The number of ether oxygens (including phenoxy) is 4. The first-order valence-electron chi connectivity index (χ1n) is 12.1. The van der Waals surface area contributed by atoms with Crippen LogP contribution in [0.25, 0.3) is 0 Å². The van der Waals surface area contributed by atoms with Gasteiger partial charge in [-0.15, -0.1) is 0 Å². The zero-order chi connectivity index (χ0) is 23.5. The third kappa shape index (κ3) is 5.08. The molecule has 2 aromatic carbocycles. The van der Waals surface area contributed by atoms with Gasteiger partial charge in [0, 0.05) is 38.8 Å². The Balaban J connectivity index is 1.12. The topological polar surface area (TPSA) is 72.5 Å². The predicted octanol–water partition coefficient (Wildman–Crippen LogP) is 2.82. The van der Waals surface area contributed by atoms with Crippen LogP contribution in [-0.4, -0.2) is 68.4 Å². The average molecular weight is 468 g/mol. The van der Waals surface area contributed by atoms with E-state index in [1.807, 2.05) is 29.2 Å². The van der Waals surface area contributed by atoms with E-state index in [4.69, 9.17) is 18.9 Å². The molecule has 8 nitrogen and oxygen atoms in total. The van der Waals surface area contributed by atoms with E-state index in [9.17, 15) is 4.79 Å². The number of amides is 1.